The Morgan fingerprint density at radius 3 is 2.04 bits per heavy atom. The van der Waals surface area contributed by atoms with Crippen molar-refractivity contribution in [2.75, 3.05) is 10.6 Å². The van der Waals surface area contributed by atoms with Crippen LogP contribution in [-0.4, -0.2) is 18.1 Å². The van der Waals surface area contributed by atoms with E-state index in [0.717, 1.165) is 28.8 Å². The summed E-state index contributed by atoms with van der Waals surface area (Å²) in [5, 5.41) is 14.3. The fourth-order valence-corrected chi connectivity index (χ4v) is 3.09. The van der Waals surface area contributed by atoms with E-state index < -0.39 is 0 Å². The first kappa shape index (κ1) is 17.4. The summed E-state index contributed by atoms with van der Waals surface area (Å²) in [4.78, 5) is 32.7. The second-order valence-electron chi connectivity index (χ2n) is 6.03. The molecule has 0 fully saturated rings. The van der Waals surface area contributed by atoms with Crippen LogP contribution in [0.15, 0.2) is 36.4 Å². The molecule has 0 radical (unpaired) electrons. The number of nitriles is 1. The third kappa shape index (κ3) is 3.62. The van der Waals surface area contributed by atoms with Gasteiger partial charge >= 0.3 is 0 Å². The van der Waals surface area contributed by atoms with Gasteiger partial charge < -0.3 is 10.6 Å². The molecule has 26 heavy (non-hydrogen) atoms. The standard InChI is InChI=1S/C10H8N2O.C10H9NO2/c11-6-7-2-1-3-9-8(7)4-5-10(13)12-9;12-6-7-2-1-3-9-8(7)4-5-10(13)11-9/h1-3H,4-5H2,(H,12,13);1-3,6H,4-5H2,(H,11,13). The molecule has 2 amide bonds. The molecule has 0 unspecified atom stereocenters. The lowest BCUT2D eigenvalue weighted by Crippen LogP contribution is -2.19. The van der Waals surface area contributed by atoms with Gasteiger partial charge in [-0.3, -0.25) is 14.4 Å². The summed E-state index contributed by atoms with van der Waals surface area (Å²) in [6.07, 6.45) is 3.11. The van der Waals surface area contributed by atoms with Crippen LogP contribution in [0.25, 0.3) is 0 Å². The number of nitrogens with zero attached hydrogens (tertiary/aromatic N) is 1. The number of anilines is 2. The largest absolute Gasteiger partial charge is 0.326 e. The average Bonchev–Trinajstić information content (AvgIpc) is 2.67. The Hall–Kier alpha value is -3.46. The summed E-state index contributed by atoms with van der Waals surface area (Å²) in [5.74, 6) is 0.0538. The number of carbonyl (C=O) groups excluding carboxylic acids is 3. The molecule has 0 aromatic heterocycles. The van der Waals surface area contributed by atoms with E-state index in [1.54, 1.807) is 24.3 Å². The Morgan fingerprint density at radius 1 is 0.846 bits per heavy atom. The Kier molecular flexibility index (Phi) is 5.09. The van der Waals surface area contributed by atoms with E-state index in [4.69, 9.17) is 5.26 Å². The van der Waals surface area contributed by atoms with Crippen LogP contribution < -0.4 is 10.6 Å². The topological polar surface area (TPSA) is 99.1 Å². The minimum absolute atomic E-state index is 0.0237. The van der Waals surface area contributed by atoms with Gasteiger partial charge in [0, 0.05) is 29.8 Å². The number of benzene rings is 2. The second-order valence-corrected chi connectivity index (χ2v) is 6.03. The van der Waals surface area contributed by atoms with Crippen LogP contribution in [0, 0.1) is 11.3 Å². The molecule has 2 N–H and O–H groups in total. The molecule has 0 atom stereocenters. The third-order valence-electron chi connectivity index (χ3n) is 4.39. The van der Waals surface area contributed by atoms with Gasteiger partial charge in [0.1, 0.15) is 6.29 Å². The minimum atomic E-state index is 0.0237. The van der Waals surface area contributed by atoms with Crippen LogP contribution in [0.5, 0.6) is 0 Å². The molecular formula is C20H17N3O3. The predicted octanol–water partition coefficient (Wildman–Crippen LogP) is 2.83. The zero-order valence-corrected chi connectivity index (χ0v) is 14.0. The molecule has 4 rings (SSSR count). The molecule has 2 aliphatic rings. The molecule has 0 saturated heterocycles. The third-order valence-corrected chi connectivity index (χ3v) is 4.39. The number of amides is 2. The van der Waals surface area contributed by atoms with Crippen LogP contribution in [-0.2, 0) is 22.4 Å². The van der Waals surface area contributed by atoms with Gasteiger partial charge in [-0.1, -0.05) is 18.2 Å². The Morgan fingerprint density at radius 2 is 1.42 bits per heavy atom. The van der Waals surface area contributed by atoms with E-state index in [-0.39, 0.29) is 11.8 Å². The summed E-state index contributed by atoms with van der Waals surface area (Å²) in [5.41, 5.74) is 4.83. The molecule has 130 valence electrons. The van der Waals surface area contributed by atoms with E-state index in [2.05, 4.69) is 16.7 Å². The monoisotopic (exact) mass is 347 g/mol. The highest BCUT2D eigenvalue weighted by Gasteiger charge is 2.17. The second kappa shape index (κ2) is 7.62. The number of nitrogens with one attached hydrogen (secondary N) is 2. The van der Waals surface area contributed by atoms with Crippen molar-refractivity contribution in [1.82, 2.24) is 0 Å². The molecule has 2 aromatic carbocycles. The lowest BCUT2D eigenvalue weighted by molar-refractivity contribution is -0.117. The Labute approximate surface area is 150 Å². The fourth-order valence-electron chi connectivity index (χ4n) is 3.09. The lowest BCUT2D eigenvalue weighted by atomic mass is 9.98. The SMILES string of the molecule is N#Cc1cccc2c1CCC(=O)N2.O=Cc1cccc2c1CCC(=O)N2. The zero-order valence-electron chi connectivity index (χ0n) is 14.0. The molecular weight excluding hydrogens is 330 g/mol. The smallest absolute Gasteiger partial charge is 0.224 e. The normalized spacial score (nSPS) is 14.4. The molecule has 6 heteroatoms. The van der Waals surface area contributed by atoms with Gasteiger partial charge in [-0.25, -0.2) is 0 Å². The van der Waals surface area contributed by atoms with E-state index in [9.17, 15) is 14.4 Å². The molecule has 0 aliphatic carbocycles. The first-order chi connectivity index (χ1) is 12.6. The zero-order chi connectivity index (χ0) is 18.5. The highest BCUT2D eigenvalue weighted by Crippen LogP contribution is 2.25. The average molecular weight is 347 g/mol. The molecule has 2 aromatic rings. The molecule has 0 bridgehead atoms. The predicted molar refractivity (Wildman–Crippen MR) is 96.9 cm³/mol. The van der Waals surface area contributed by atoms with Gasteiger partial charge in [-0.15, -0.1) is 0 Å². The van der Waals surface area contributed by atoms with Crippen molar-refractivity contribution < 1.29 is 14.4 Å². The summed E-state index contributed by atoms with van der Waals surface area (Å²) < 4.78 is 0. The van der Waals surface area contributed by atoms with Gasteiger partial charge in [-0.2, -0.15) is 5.26 Å². The van der Waals surface area contributed by atoms with Gasteiger partial charge in [0.25, 0.3) is 0 Å². The van der Waals surface area contributed by atoms with Gasteiger partial charge in [0.05, 0.1) is 11.6 Å². The van der Waals surface area contributed by atoms with Crippen LogP contribution in [0.4, 0.5) is 11.4 Å². The first-order valence-corrected chi connectivity index (χ1v) is 8.31. The van der Waals surface area contributed by atoms with Crippen molar-refractivity contribution in [2.24, 2.45) is 0 Å². The Balaban J connectivity index is 0.000000151. The maximum atomic E-state index is 11.0. The van der Waals surface area contributed by atoms with Crippen molar-refractivity contribution in [1.29, 1.82) is 5.26 Å². The Bertz CT molecular complexity index is 928. The van der Waals surface area contributed by atoms with Crippen LogP contribution in [0.3, 0.4) is 0 Å². The number of fused-ring (bicyclic) bond motifs is 2. The van der Waals surface area contributed by atoms with Gasteiger partial charge in [0.2, 0.25) is 11.8 Å². The fraction of sp³-hybridized carbons (Fsp3) is 0.200. The highest BCUT2D eigenvalue weighted by atomic mass is 16.2. The maximum absolute atomic E-state index is 11.0. The number of carbonyl (C=O) groups is 3. The number of hydrogen-bond donors (Lipinski definition) is 2. The van der Waals surface area contributed by atoms with Gasteiger partial charge in [0.15, 0.2) is 0 Å². The molecule has 2 aliphatic heterocycles. The first-order valence-electron chi connectivity index (χ1n) is 8.31. The lowest BCUT2D eigenvalue weighted by Gasteiger charge is -2.17. The summed E-state index contributed by atoms with van der Waals surface area (Å²) in [6, 6.07) is 12.9. The highest BCUT2D eigenvalue weighted by molar-refractivity contribution is 5.96. The molecule has 6 nitrogen and oxygen atoms in total. The van der Waals surface area contributed by atoms with E-state index in [1.165, 1.54) is 0 Å². The quantitative estimate of drug-likeness (QED) is 0.775. The summed E-state index contributed by atoms with van der Waals surface area (Å²) in [7, 11) is 0. The number of aldehydes is 1. The van der Waals surface area contributed by atoms with Crippen molar-refractivity contribution in [2.45, 2.75) is 25.7 Å². The van der Waals surface area contributed by atoms with Crippen LogP contribution >= 0.6 is 0 Å². The van der Waals surface area contributed by atoms with Crippen LogP contribution in [0.2, 0.25) is 0 Å². The minimum Gasteiger partial charge on any atom is -0.326 e. The number of hydrogen-bond acceptors (Lipinski definition) is 4. The van der Waals surface area contributed by atoms with E-state index in [1.807, 2.05) is 12.1 Å². The van der Waals surface area contributed by atoms with Crippen molar-refractivity contribution in [3.8, 4) is 6.07 Å². The molecule has 0 saturated carbocycles. The molecule has 2 heterocycles. The summed E-state index contributed by atoms with van der Waals surface area (Å²) >= 11 is 0. The van der Waals surface area contributed by atoms with Crippen LogP contribution in [0.1, 0.15) is 39.9 Å². The number of rotatable bonds is 1. The van der Waals surface area contributed by atoms with E-state index >= 15 is 0 Å². The molecule has 0 spiro atoms. The van der Waals surface area contributed by atoms with E-state index in [0.29, 0.717) is 36.8 Å². The maximum Gasteiger partial charge on any atom is 0.224 e. The van der Waals surface area contributed by atoms with Gasteiger partial charge in [-0.05, 0) is 42.2 Å². The summed E-state index contributed by atoms with van der Waals surface area (Å²) in [6.45, 7) is 0. The van der Waals surface area contributed by atoms with Crippen molar-refractivity contribution >= 4 is 29.5 Å². The van der Waals surface area contributed by atoms with Crippen molar-refractivity contribution in [3.05, 3.63) is 58.7 Å². The van der Waals surface area contributed by atoms with Crippen molar-refractivity contribution in [3.63, 3.8) is 0 Å².